The van der Waals surface area contributed by atoms with Gasteiger partial charge in [-0.2, -0.15) is 0 Å². The smallest absolute Gasteiger partial charge is 0.254 e. The Labute approximate surface area is 428 Å². The van der Waals surface area contributed by atoms with Gasteiger partial charge in [0.2, 0.25) is 17.7 Å². The number of para-hydroxylation sites is 1. The number of aryl methyl sites for hydroxylation is 1. The monoisotopic (exact) mass is 1010 g/mol. The highest BCUT2D eigenvalue weighted by Crippen LogP contribution is 2.40. The number of nitrogens with zero attached hydrogens (tertiary/aromatic N) is 7. The Morgan fingerprint density at radius 3 is 2.36 bits per heavy atom. The number of nitrogens with one attached hydrogen (secondary N) is 2. The Morgan fingerprint density at radius 2 is 1.64 bits per heavy atom. The summed E-state index contributed by atoms with van der Waals surface area (Å²) < 4.78 is 17.6. The molecule has 3 aromatic heterocycles. The van der Waals surface area contributed by atoms with E-state index in [4.69, 9.17) is 19.7 Å². The van der Waals surface area contributed by atoms with Gasteiger partial charge in [0.1, 0.15) is 30.0 Å². The van der Waals surface area contributed by atoms with E-state index in [9.17, 15) is 24.6 Å². The number of nitrogen functional groups attached to an aromatic ring is 1. The third-order valence-electron chi connectivity index (χ3n) is 14.1. The molecule has 4 atom stereocenters. The molecule has 3 aliphatic heterocycles. The molecular weight excluding hydrogens is 949 g/mol. The van der Waals surface area contributed by atoms with Crippen LogP contribution in [0.25, 0.3) is 21.7 Å². The number of ether oxygens (including phenoxy) is 2. The lowest BCUT2D eigenvalue weighted by Gasteiger charge is -2.60. The molecular formula is C54H64N10O8S. The Balaban J connectivity index is 0.651. The summed E-state index contributed by atoms with van der Waals surface area (Å²) in [6.45, 7) is 14.3. The number of benzene rings is 3. The van der Waals surface area contributed by atoms with E-state index in [0.29, 0.717) is 74.3 Å². The van der Waals surface area contributed by atoms with Crippen molar-refractivity contribution in [3.63, 3.8) is 0 Å². The molecule has 0 unspecified atom stereocenters. The first-order valence-corrected chi connectivity index (χ1v) is 25.8. The summed E-state index contributed by atoms with van der Waals surface area (Å²) in [7, 11) is 0. The number of aliphatic hydroxyl groups excluding tert-OH is 1. The van der Waals surface area contributed by atoms with Crippen LogP contribution in [0.5, 0.6) is 17.4 Å². The van der Waals surface area contributed by atoms with Crippen molar-refractivity contribution in [3.05, 3.63) is 119 Å². The number of rotatable bonds is 21. The minimum Gasteiger partial charge on any atom is -0.507 e. The van der Waals surface area contributed by atoms with Crippen molar-refractivity contribution in [2.45, 2.75) is 77.6 Å². The van der Waals surface area contributed by atoms with E-state index in [1.54, 1.807) is 41.7 Å². The maximum absolute atomic E-state index is 14.2. The quantitative estimate of drug-likeness (QED) is 0.0577. The Kier molecular flexibility index (Phi) is 15.7. The largest absolute Gasteiger partial charge is 0.507 e. The molecule has 6 heterocycles. The van der Waals surface area contributed by atoms with Crippen LogP contribution in [0, 0.1) is 18.3 Å². The van der Waals surface area contributed by atoms with E-state index in [-0.39, 0.29) is 59.6 Å². The van der Waals surface area contributed by atoms with Gasteiger partial charge in [0.15, 0.2) is 17.3 Å². The highest BCUT2D eigenvalue weighted by atomic mass is 32.1. The first-order valence-electron chi connectivity index (χ1n) is 24.9. The Morgan fingerprint density at radius 1 is 0.918 bits per heavy atom. The van der Waals surface area contributed by atoms with Gasteiger partial charge in [-0.1, -0.05) is 74.5 Å². The first kappa shape index (κ1) is 51.0. The molecule has 73 heavy (non-hydrogen) atoms. The fourth-order valence-corrected chi connectivity index (χ4v) is 11.0. The van der Waals surface area contributed by atoms with Crippen LogP contribution >= 0.6 is 11.3 Å². The van der Waals surface area contributed by atoms with Gasteiger partial charge in [-0.05, 0) is 59.3 Å². The fraction of sp³-hybridized carbons (Fsp3) is 0.426. The number of thiazole rings is 1. The van der Waals surface area contributed by atoms with E-state index in [0.717, 1.165) is 59.0 Å². The maximum atomic E-state index is 14.2. The molecule has 3 amide bonds. The van der Waals surface area contributed by atoms with Crippen molar-refractivity contribution < 1.29 is 38.6 Å². The number of hydrogen-bond donors (Lipinski definition) is 5. The van der Waals surface area contributed by atoms with E-state index in [1.807, 2.05) is 87.8 Å². The average Bonchev–Trinajstić information content (AvgIpc) is 4.11. The van der Waals surface area contributed by atoms with Gasteiger partial charge >= 0.3 is 0 Å². The van der Waals surface area contributed by atoms with Crippen LogP contribution in [0.4, 0.5) is 5.82 Å². The molecule has 3 fully saturated rings. The van der Waals surface area contributed by atoms with Crippen LogP contribution in [0.3, 0.4) is 0 Å². The molecule has 6 aromatic rings. The van der Waals surface area contributed by atoms with Gasteiger partial charge < -0.3 is 50.4 Å². The predicted molar refractivity (Wildman–Crippen MR) is 276 cm³/mol. The summed E-state index contributed by atoms with van der Waals surface area (Å²) in [5, 5.41) is 39.2. The van der Waals surface area contributed by atoms with Crippen molar-refractivity contribution in [1.29, 1.82) is 0 Å². The second-order valence-corrected chi connectivity index (χ2v) is 20.9. The normalized spacial score (nSPS) is 18.2. The number of anilines is 1. The SMILES string of the molecule is Cc1ncsc1-c1ccc([C@H](C)NC(=O)[C@@H]2C[C@@H](O)CN2C(=O)[C@@H](c2cc(OCCN3CC4(C3)CN(CCC(=O)NCc3ccc(CCOc5cc(-c6ccccc6O)nnc5N)cc3)C4)no2)C(C)C)cc1. The molecule has 19 heteroatoms. The van der Waals surface area contributed by atoms with E-state index < -0.39 is 18.1 Å². The molecule has 3 aromatic carbocycles. The standard InChI is InChI=1S/C54H64N10O8S/c1-33(2)49(53(69)64-27-40(65)23-43(64)52(68)58-34(3)38-13-15-39(16-14-38)50-35(4)57-32-73-50)45-25-48(61-72-45)71-22-20-63-30-54(31-63)28-62(29-54)19-17-47(67)56-26-37-11-9-36(10-12-37)18-21-70-46-24-42(59-60-51(46)55)41-7-5-6-8-44(41)66/h5-16,24-25,32-34,40,43,49,65-66H,17-23,26-31H2,1-4H3,(H2,55,60)(H,56,67)(H,58,68)/t34-,40+,43-,49+/m0/s1. The number of likely N-dealkylation sites (tertiary alicyclic amines) is 3. The first-order chi connectivity index (χ1) is 35.2. The molecule has 1 spiro atoms. The summed E-state index contributed by atoms with van der Waals surface area (Å²) in [5.74, 6) is -0.181. The summed E-state index contributed by atoms with van der Waals surface area (Å²) in [6.07, 6.45) is 0.391. The lowest BCUT2D eigenvalue weighted by atomic mass is 9.73. The lowest BCUT2D eigenvalue weighted by molar-refractivity contribution is -0.141. The lowest BCUT2D eigenvalue weighted by Crippen LogP contribution is -2.72. The number of hydrogen-bond acceptors (Lipinski definition) is 16. The molecule has 384 valence electrons. The molecule has 6 N–H and O–H groups in total. The van der Waals surface area contributed by atoms with Crippen LogP contribution in [0.2, 0.25) is 0 Å². The second-order valence-electron chi connectivity index (χ2n) is 20.0. The van der Waals surface area contributed by atoms with Gasteiger partial charge in [0, 0.05) is 94.7 Å². The third kappa shape index (κ3) is 12.1. The molecule has 18 nitrogen and oxygen atoms in total. The van der Waals surface area contributed by atoms with E-state index in [1.165, 1.54) is 4.90 Å². The molecule has 3 aliphatic rings. The van der Waals surface area contributed by atoms with Crippen LogP contribution in [-0.4, -0.2) is 134 Å². The summed E-state index contributed by atoms with van der Waals surface area (Å²) in [4.78, 5) is 52.2. The van der Waals surface area contributed by atoms with Gasteiger partial charge in [-0.3, -0.25) is 19.3 Å². The van der Waals surface area contributed by atoms with E-state index in [2.05, 4.69) is 40.8 Å². The summed E-state index contributed by atoms with van der Waals surface area (Å²) >= 11 is 1.59. The second kappa shape index (κ2) is 22.5. The molecule has 0 aliphatic carbocycles. The number of amides is 3. The molecule has 0 saturated carbocycles. The van der Waals surface area contributed by atoms with Crippen molar-refractivity contribution >= 4 is 34.9 Å². The minimum atomic E-state index is -0.833. The van der Waals surface area contributed by atoms with Gasteiger partial charge in [0.05, 0.1) is 34.8 Å². The third-order valence-corrected chi connectivity index (χ3v) is 15.0. The topological polar surface area (TPSA) is 235 Å². The predicted octanol–water partition coefficient (Wildman–Crippen LogP) is 5.75. The number of aromatic nitrogens is 4. The number of phenols is 1. The average molecular weight is 1010 g/mol. The highest BCUT2D eigenvalue weighted by Gasteiger charge is 2.51. The van der Waals surface area contributed by atoms with Crippen LogP contribution < -0.4 is 25.8 Å². The number of carbonyl (C=O) groups is 3. The highest BCUT2D eigenvalue weighted by molar-refractivity contribution is 7.13. The molecule has 0 bridgehead atoms. The van der Waals surface area contributed by atoms with Crippen molar-refractivity contribution in [1.82, 2.24) is 45.7 Å². The molecule has 9 rings (SSSR count). The molecule has 3 saturated heterocycles. The van der Waals surface area contributed by atoms with Crippen molar-refractivity contribution in [3.8, 4) is 39.1 Å². The Hall–Kier alpha value is -6.93. The molecule has 0 radical (unpaired) electrons. The number of β-amino-alcohol motifs (C(OH)–C–C–N with tert-alkyl or cyclic N) is 1. The number of aliphatic hydroxyl groups is 1. The number of phenolic OH excluding ortho intramolecular Hbond substituents is 1. The van der Waals surface area contributed by atoms with Crippen molar-refractivity contribution in [2.24, 2.45) is 11.3 Å². The Bertz CT molecular complexity index is 2860. The van der Waals surface area contributed by atoms with Crippen molar-refractivity contribution in [2.75, 3.05) is 64.8 Å². The number of aromatic hydroxyl groups is 1. The minimum absolute atomic E-state index is 0.0193. The van der Waals surface area contributed by atoms with Crippen LogP contribution in [0.15, 0.2) is 95.0 Å². The summed E-state index contributed by atoms with van der Waals surface area (Å²) in [5.41, 5.74) is 14.1. The zero-order chi connectivity index (χ0) is 51.2. The van der Waals surface area contributed by atoms with Gasteiger partial charge in [-0.25, -0.2) is 4.98 Å². The zero-order valence-electron chi connectivity index (χ0n) is 41.7. The maximum Gasteiger partial charge on any atom is 0.254 e. The van der Waals surface area contributed by atoms with Gasteiger partial charge in [-0.15, -0.1) is 21.5 Å². The number of carbonyl (C=O) groups excluding carboxylic acids is 3. The van der Waals surface area contributed by atoms with Crippen LogP contribution in [0.1, 0.15) is 73.7 Å². The van der Waals surface area contributed by atoms with Gasteiger partial charge in [0.25, 0.3) is 5.88 Å². The van der Waals surface area contributed by atoms with E-state index >= 15 is 0 Å². The number of nitrogens with two attached hydrogens (primary N) is 1. The zero-order valence-corrected chi connectivity index (χ0v) is 42.5. The van der Waals surface area contributed by atoms with Crippen LogP contribution in [-0.2, 0) is 27.3 Å². The summed E-state index contributed by atoms with van der Waals surface area (Å²) in [6, 6.07) is 25.1. The fourth-order valence-electron chi connectivity index (χ4n) is 10.2.